The smallest absolute Gasteiger partial charge is 0.256 e. The normalized spacial score (nSPS) is 17.7. The highest BCUT2D eigenvalue weighted by atomic mass is 32.2. The third kappa shape index (κ3) is 5.38. The molecule has 142 valence electrons. The Labute approximate surface area is 164 Å². The number of allylic oxidation sites excluding steroid dienone is 1. The lowest BCUT2D eigenvalue weighted by atomic mass is 9.95. The molecule has 0 spiro atoms. The van der Waals surface area contributed by atoms with E-state index in [1.165, 1.54) is 17.8 Å². The summed E-state index contributed by atoms with van der Waals surface area (Å²) >= 11 is 1.46. The number of carbonyl (C=O) groups excluding carboxylic acids is 2. The summed E-state index contributed by atoms with van der Waals surface area (Å²) < 4.78 is 0. The molecule has 1 aliphatic rings. The van der Waals surface area contributed by atoms with Gasteiger partial charge in [0.2, 0.25) is 5.91 Å². The molecule has 2 rings (SSSR count). The molecule has 0 aliphatic carbocycles. The number of rotatable bonds is 4. The molecule has 1 aromatic carbocycles. The van der Waals surface area contributed by atoms with E-state index in [-0.39, 0.29) is 11.8 Å². The monoisotopic (exact) mass is 384 g/mol. The van der Waals surface area contributed by atoms with Crippen molar-refractivity contribution in [3.8, 4) is 6.07 Å². The van der Waals surface area contributed by atoms with Crippen LogP contribution in [-0.2, 0) is 9.59 Å². The Balaban J connectivity index is 2.11. The minimum atomic E-state index is -0.477. The Bertz CT molecular complexity index is 831. The van der Waals surface area contributed by atoms with Crippen LogP contribution in [0.25, 0.3) is 0 Å². The van der Waals surface area contributed by atoms with Crippen LogP contribution in [0.1, 0.15) is 27.7 Å². The molecule has 1 aromatic rings. The van der Waals surface area contributed by atoms with Crippen LogP contribution in [-0.4, -0.2) is 29.0 Å². The zero-order valence-electron chi connectivity index (χ0n) is 16.0. The molecule has 0 unspecified atom stereocenters. The number of likely N-dealkylation sites (N-methyl/N-ethyl adjacent to an activating group) is 1. The first-order chi connectivity index (χ1) is 12.8. The van der Waals surface area contributed by atoms with E-state index in [0.717, 1.165) is 5.69 Å². The number of nitrogens with zero attached hydrogens (tertiary/aromatic N) is 2. The standard InChI is InChI=1S/C20H24N4O2S/c1-5-24-17(9-10-21)27-13-14(18(24)25)12-22-15-7-6-8-16(11-15)23-19(26)20(2,3)4/h6-9,11-12,22H,5,13H2,1-4H3,(H,23,26)/b14-12?,17-9+. The van der Waals surface area contributed by atoms with Crippen LogP contribution in [0.15, 0.2) is 47.1 Å². The van der Waals surface area contributed by atoms with Crippen molar-refractivity contribution in [2.75, 3.05) is 22.9 Å². The van der Waals surface area contributed by atoms with Crippen molar-refractivity contribution in [2.45, 2.75) is 27.7 Å². The zero-order chi connectivity index (χ0) is 20.0. The molecule has 1 heterocycles. The van der Waals surface area contributed by atoms with Crippen molar-refractivity contribution in [2.24, 2.45) is 5.41 Å². The van der Waals surface area contributed by atoms with Crippen LogP contribution in [0.5, 0.6) is 0 Å². The van der Waals surface area contributed by atoms with E-state index < -0.39 is 5.41 Å². The lowest BCUT2D eigenvalue weighted by molar-refractivity contribution is -0.125. The second kappa shape index (κ2) is 8.78. The molecule has 1 aliphatic heterocycles. The van der Waals surface area contributed by atoms with Gasteiger partial charge in [-0.15, -0.1) is 11.8 Å². The zero-order valence-corrected chi connectivity index (χ0v) is 16.8. The molecule has 0 bridgehead atoms. The summed E-state index contributed by atoms with van der Waals surface area (Å²) in [7, 11) is 0. The molecular formula is C20H24N4O2S. The summed E-state index contributed by atoms with van der Waals surface area (Å²) in [5.41, 5.74) is 1.61. The minimum Gasteiger partial charge on any atom is -0.361 e. The molecule has 0 saturated carbocycles. The van der Waals surface area contributed by atoms with E-state index in [2.05, 4.69) is 10.6 Å². The van der Waals surface area contributed by atoms with Crippen LogP contribution in [0.4, 0.5) is 11.4 Å². The van der Waals surface area contributed by atoms with Gasteiger partial charge in [-0.1, -0.05) is 26.8 Å². The highest BCUT2D eigenvalue weighted by Crippen LogP contribution is 2.30. The van der Waals surface area contributed by atoms with Crippen molar-refractivity contribution in [3.63, 3.8) is 0 Å². The number of carbonyl (C=O) groups is 2. The number of hydrogen-bond donors (Lipinski definition) is 2. The fraction of sp³-hybridized carbons (Fsp3) is 0.350. The van der Waals surface area contributed by atoms with Gasteiger partial charge in [-0.3, -0.25) is 9.59 Å². The Morgan fingerprint density at radius 2 is 2.07 bits per heavy atom. The second-order valence-electron chi connectivity index (χ2n) is 7.05. The summed E-state index contributed by atoms with van der Waals surface area (Å²) in [5.74, 6) is 0.325. The van der Waals surface area contributed by atoms with E-state index in [9.17, 15) is 9.59 Å². The van der Waals surface area contributed by atoms with Gasteiger partial charge >= 0.3 is 0 Å². The number of thioether (sulfide) groups is 1. The SMILES string of the molecule is CCN1C(=O)C(=CNc2cccc(NC(=O)C(C)(C)C)c2)CS/C1=C/C#N. The predicted molar refractivity (Wildman–Crippen MR) is 110 cm³/mol. The summed E-state index contributed by atoms with van der Waals surface area (Å²) in [6.07, 6.45) is 3.09. The minimum absolute atomic E-state index is 0.0627. The number of hydrogen-bond acceptors (Lipinski definition) is 5. The van der Waals surface area contributed by atoms with E-state index in [1.54, 1.807) is 11.1 Å². The van der Waals surface area contributed by atoms with Crippen molar-refractivity contribution in [1.29, 1.82) is 5.26 Å². The number of anilines is 2. The maximum absolute atomic E-state index is 12.6. The molecule has 1 saturated heterocycles. The lowest BCUT2D eigenvalue weighted by Crippen LogP contribution is -2.35. The molecule has 0 atom stereocenters. The molecule has 27 heavy (non-hydrogen) atoms. The fourth-order valence-corrected chi connectivity index (χ4v) is 3.33. The summed E-state index contributed by atoms with van der Waals surface area (Å²) in [5, 5.41) is 15.5. The van der Waals surface area contributed by atoms with Crippen molar-refractivity contribution < 1.29 is 9.59 Å². The van der Waals surface area contributed by atoms with E-state index >= 15 is 0 Å². The molecule has 1 fully saturated rings. The van der Waals surface area contributed by atoms with Crippen molar-refractivity contribution in [3.05, 3.63) is 47.1 Å². The van der Waals surface area contributed by atoms with Gasteiger partial charge < -0.3 is 15.5 Å². The number of benzene rings is 1. The quantitative estimate of drug-likeness (QED) is 0.607. The van der Waals surface area contributed by atoms with Gasteiger partial charge in [-0.05, 0) is 25.1 Å². The fourth-order valence-electron chi connectivity index (χ4n) is 2.32. The van der Waals surface area contributed by atoms with Gasteiger partial charge in [0.05, 0.1) is 11.1 Å². The number of amides is 2. The first-order valence-corrected chi connectivity index (χ1v) is 9.66. The highest BCUT2D eigenvalue weighted by molar-refractivity contribution is 8.03. The number of nitrogens with one attached hydrogen (secondary N) is 2. The predicted octanol–water partition coefficient (Wildman–Crippen LogP) is 3.93. The topological polar surface area (TPSA) is 85.2 Å². The summed E-state index contributed by atoms with van der Waals surface area (Å²) in [6.45, 7) is 7.95. The molecule has 2 N–H and O–H groups in total. The molecule has 2 amide bonds. The highest BCUT2D eigenvalue weighted by Gasteiger charge is 2.26. The summed E-state index contributed by atoms with van der Waals surface area (Å²) in [6, 6.07) is 9.32. The first kappa shape index (κ1) is 20.6. The van der Waals surface area contributed by atoms with E-state index in [0.29, 0.717) is 28.6 Å². The van der Waals surface area contributed by atoms with Gasteiger partial charge in [0.15, 0.2) is 0 Å². The maximum Gasteiger partial charge on any atom is 0.256 e. The van der Waals surface area contributed by atoms with Crippen LogP contribution in [0.2, 0.25) is 0 Å². The van der Waals surface area contributed by atoms with Crippen molar-refractivity contribution >= 4 is 35.0 Å². The van der Waals surface area contributed by atoms with Gasteiger partial charge in [0, 0.05) is 46.9 Å². The van der Waals surface area contributed by atoms with Crippen LogP contribution < -0.4 is 10.6 Å². The van der Waals surface area contributed by atoms with Crippen LogP contribution >= 0.6 is 11.8 Å². The molecule has 0 radical (unpaired) electrons. The average Bonchev–Trinajstić information content (AvgIpc) is 2.61. The Kier molecular flexibility index (Phi) is 6.70. The van der Waals surface area contributed by atoms with Gasteiger partial charge in [-0.2, -0.15) is 5.26 Å². The van der Waals surface area contributed by atoms with Gasteiger partial charge in [-0.25, -0.2) is 0 Å². The Morgan fingerprint density at radius 3 is 2.70 bits per heavy atom. The largest absolute Gasteiger partial charge is 0.361 e. The number of nitriles is 1. The molecule has 0 aromatic heterocycles. The van der Waals surface area contributed by atoms with Crippen molar-refractivity contribution in [1.82, 2.24) is 4.90 Å². The van der Waals surface area contributed by atoms with E-state index in [1.807, 2.05) is 58.0 Å². The van der Waals surface area contributed by atoms with Crippen LogP contribution in [0, 0.1) is 16.7 Å². The van der Waals surface area contributed by atoms with Gasteiger partial charge in [0.25, 0.3) is 5.91 Å². The maximum atomic E-state index is 12.6. The third-order valence-electron chi connectivity index (χ3n) is 3.88. The van der Waals surface area contributed by atoms with Gasteiger partial charge in [0.1, 0.15) is 0 Å². The van der Waals surface area contributed by atoms with E-state index in [4.69, 9.17) is 5.26 Å². The van der Waals surface area contributed by atoms with Crippen LogP contribution in [0.3, 0.4) is 0 Å². The Morgan fingerprint density at radius 1 is 1.37 bits per heavy atom. The third-order valence-corrected chi connectivity index (χ3v) is 4.97. The Hall–Kier alpha value is -2.72. The molecule has 7 heteroatoms. The average molecular weight is 385 g/mol. The lowest BCUT2D eigenvalue weighted by Gasteiger charge is -2.28. The molecular weight excluding hydrogens is 360 g/mol. The second-order valence-corrected chi connectivity index (χ2v) is 8.04. The first-order valence-electron chi connectivity index (χ1n) is 8.67. The summed E-state index contributed by atoms with van der Waals surface area (Å²) in [4.78, 5) is 26.3. The molecule has 6 nitrogen and oxygen atoms in total.